The Labute approximate surface area is 178 Å². The molecule has 1 aliphatic rings. The summed E-state index contributed by atoms with van der Waals surface area (Å²) in [4.78, 5) is 38.8. The predicted octanol–water partition coefficient (Wildman–Crippen LogP) is 4.90. The summed E-state index contributed by atoms with van der Waals surface area (Å²) in [6, 6.07) is 17.1. The van der Waals surface area contributed by atoms with Crippen molar-refractivity contribution in [2.45, 2.75) is 19.9 Å². The number of carbonyl (C=O) groups excluding carboxylic acids is 3. The average molecular weight is 420 g/mol. The number of carbonyl (C=O) groups is 3. The Bertz CT molecular complexity index is 1160. The van der Waals surface area contributed by atoms with E-state index >= 15 is 0 Å². The number of para-hydroxylation sites is 2. The molecule has 0 unspecified atom stereocenters. The van der Waals surface area contributed by atoms with Gasteiger partial charge in [-0.05, 0) is 49.9 Å². The smallest absolute Gasteiger partial charge is 0.294 e. The Hall–Kier alpha value is -3.32. The third kappa shape index (κ3) is 3.89. The molecule has 2 heterocycles. The molecule has 152 valence electrons. The minimum absolute atomic E-state index is 0.258. The molecule has 0 radical (unpaired) electrons. The molecule has 4 rings (SSSR count). The van der Waals surface area contributed by atoms with Gasteiger partial charge >= 0.3 is 0 Å². The first-order chi connectivity index (χ1) is 14.4. The highest BCUT2D eigenvalue weighted by atomic mass is 32.2. The number of nitrogens with one attached hydrogen (secondary N) is 1. The van der Waals surface area contributed by atoms with Gasteiger partial charge in [-0.15, -0.1) is 0 Å². The van der Waals surface area contributed by atoms with Gasteiger partial charge in [-0.2, -0.15) is 0 Å². The van der Waals surface area contributed by atoms with E-state index < -0.39 is 17.1 Å². The van der Waals surface area contributed by atoms with E-state index in [9.17, 15) is 14.4 Å². The number of thioether (sulfide) groups is 1. The zero-order valence-corrected chi connectivity index (χ0v) is 17.5. The fraction of sp³-hybridized carbons (Fsp3) is 0.174. The van der Waals surface area contributed by atoms with Crippen LogP contribution in [0.15, 0.2) is 65.7 Å². The van der Waals surface area contributed by atoms with Gasteiger partial charge in [0, 0.05) is 34.4 Å². The van der Waals surface area contributed by atoms with Crippen molar-refractivity contribution in [3.8, 4) is 0 Å². The van der Waals surface area contributed by atoms with Gasteiger partial charge in [0.2, 0.25) is 5.91 Å². The van der Waals surface area contributed by atoms with E-state index in [2.05, 4.69) is 23.7 Å². The van der Waals surface area contributed by atoms with Gasteiger partial charge in [-0.3, -0.25) is 19.3 Å². The third-order valence-electron chi connectivity index (χ3n) is 4.85. The van der Waals surface area contributed by atoms with Crippen molar-refractivity contribution < 1.29 is 14.4 Å². The van der Waals surface area contributed by atoms with Gasteiger partial charge in [0.25, 0.3) is 11.1 Å². The molecule has 0 saturated carbocycles. The van der Waals surface area contributed by atoms with Gasteiger partial charge in [0.15, 0.2) is 0 Å². The lowest BCUT2D eigenvalue weighted by Crippen LogP contribution is -2.36. The number of aromatic nitrogens is 1. The largest absolute Gasteiger partial charge is 0.344 e. The Morgan fingerprint density at radius 1 is 1.07 bits per heavy atom. The van der Waals surface area contributed by atoms with Gasteiger partial charge in [-0.1, -0.05) is 36.4 Å². The van der Waals surface area contributed by atoms with Crippen molar-refractivity contribution in [3.05, 3.63) is 71.3 Å². The van der Waals surface area contributed by atoms with E-state index in [4.69, 9.17) is 0 Å². The normalized spacial score (nSPS) is 15.6. The summed E-state index contributed by atoms with van der Waals surface area (Å²) >= 11 is 0.860. The monoisotopic (exact) mass is 419 g/mol. The maximum atomic E-state index is 12.8. The fourth-order valence-corrected chi connectivity index (χ4v) is 4.25. The van der Waals surface area contributed by atoms with Crippen LogP contribution in [-0.2, 0) is 9.59 Å². The number of hydrogen-bond donors (Lipinski definition) is 1. The van der Waals surface area contributed by atoms with E-state index in [0.29, 0.717) is 10.6 Å². The Balaban J connectivity index is 1.56. The lowest BCUT2D eigenvalue weighted by molar-refractivity contribution is -0.127. The predicted molar refractivity (Wildman–Crippen MR) is 120 cm³/mol. The molecule has 0 bridgehead atoms. The fourth-order valence-electron chi connectivity index (χ4n) is 3.42. The molecule has 1 saturated heterocycles. The Morgan fingerprint density at radius 3 is 2.50 bits per heavy atom. The SMILES string of the molecule is CC(C)n1cc(/C=C2/SC(=O)N(CC(=O)Nc3ccccc3)C2=O)c2ccccc21. The molecule has 3 amide bonds. The van der Waals surface area contributed by atoms with Gasteiger partial charge < -0.3 is 9.88 Å². The quantitative estimate of drug-likeness (QED) is 0.597. The molecule has 30 heavy (non-hydrogen) atoms. The summed E-state index contributed by atoms with van der Waals surface area (Å²) in [6.45, 7) is 3.87. The van der Waals surface area contributed by atoms with Crippen LogP contribution < -0.4 is 5.32 Å². The molecule has 1 fully saturated rings. The summed E-state index contributed by atoms with van der Waals surface area (Å²) in [5.74, 6) is -0.865. The van der Waals surface area contributed by atoms with Crippen molar-refractivity contribution in [1.82, 2.24) is 9.47 Å². The molecule has 6 nitrogen and oxygen atoms in total. The zero-order valence-electron chi connectivity index (χ0n) is 16.7. The molecule has 2 aromatic carbocycles. The lowest BCUT2D eigenvalue weighted by atomic mass is 10.1. The topological polar surface area (TPSA) is 71.4 Å². The molecule has 3 aromatic rings. The van der Waals surface area contributed by atoms with Crippen molar-refractivity contribution in [2.75, 3.05) is 11.9 Å². The summed E-state index contributed by atoms with van der Waals surface area (Å²) in [5, 5.41) is 3.27. The summed E-state index contributed by atoms with van der Waals surface area (Å²) < 4.78 is 2.14. The van der Waals surface area contributed by atoms with Gasteiger partial charge in [-0.25, -0.2) is 0 Å². The zero-order chi connectivity index (χ0) is 21.3. The van der Waals surface area contributed by atoms with E-state index in [0.717, 1.165) is 33.1 Å². The molecular formula is C23H21N3O3S. The number of anilines is 1. The number of fused-ring (bicyclic) bond motifs is 1. The number of hydrogen-bond acceptors (Lipinski definition) is 4. The molecule has 0 spiro atoms. The van der Waals surface area contributed by atoms with E-state index in [1.807, 2.05) is 36.5 Å². The van der Waals surface area contributed by atoms with E-state index in [1.54, 1.807) is 30.3 Å². The molecule has 7 heteroatoms. The highest BCUT2D eigenvalue weighted by molar-refractivity contribution is 8.18. The van der Waals surface area contributed by atoms with Crippen LogP contribution in [0, 0.1) is 0 Å². The maximum absolute atomic E-state index is 12.8. The van der Waals surface area contributed by atoms with Gasteiger partial charge in [0.05, 0.1) is 4.91 Å². The van der Waals surface area contributed by atoms with Gasteiger partial charge in [0.1, 0.15) is 6.54 Å². The minimum atomic E-state index is -0.449. The average Bonchev–Trinajstić information content (AvgIpc) is 3.22. The van der Waals surface area contributed by atoms with Crippen LogP contribution in [0.5, 0.6) is 0 Å². The second-order valence-corrected chi connectivity index (χ2v) is 8.28. The van der Waals surface area contributed by atoms with E-state index in [1.165, 1.54) is 0 Å². The standard InChI is InChI=1S/C23H21N3O3S/c1-15(2)25-13-16(18-10-6-7-11-19(18)25)12-20-22(28)26(23(29)30-20)14-21(27)24-17-8-4-3-5-9-17/h3-13,15H,14H2,1-2H3,(H,24,27)/b20-12+. The Kier molecular flexibility index (Phi) is 5.46. The number of rotatable bonds is 5. The first-order valence-electron chi connectivity index (χ1n) is 9.64. The first-order valence-corrected chi connectivity index (χ1v) is 10.5. The molecular weight excluding hydrogens is 398 g/mol. The summed E-state index contributed by atoms with van der Waals surface area (Å²) in [6.07, 6.45) is 3.73. The van der Waals surface area contributed by atoms with Crippen LogP contribution in [0.25, 0.3) is 17.0 Å². The number of nitrogens with zero attached hydrogens (tertiary/aromatic N) is 2. The third-order valence-corrected chi connectivity index (χ3v) is 5.75. The molecule has 1 aromatic heterocycles. The first kappa shape index (κ1) is 20.0. The lowest BCUT2D eigenvalue weighted by Gasteiger charge is -2.12. The second kappa shape index (κ2) is 8.20. The van der Waals surface area contributed by atoms with Crippen molar-refractivity contribution in [2.24, 2.45) is 0 Å². The maximum Gasteiger partial charge on any atom is 0.294 e. The van der Waals surface area contributed by atoms with Crippen LogP contribution in [0.2, 0.25) is 0 Å². The van der Waals surface area contributed by atoms with Crippen molar-refractivity contribution in [3.63, 3.8) is 0 Å². The van der Waals surface area contributed by atoms with Crippen LogP contribution in [-0.4, -0.2) is 33.1 Å². The molecule has 1 N–H and O–H groups in total. The highest BCUT2D eigenvalue weighted by Crippen LogP contribution is 2.34. The molecule has 1 aliphatic heterocycles. The summed E-state index contributed by atoms with van der Waals surface area (Å²) in [5.41, 5.74) is 2.56. The molecule has 0 atom stereocenters. The second-order valence-electron chi connectivity index (χ2n) is 7.28. The van der Waals surface area contributed by atoms with Crippen LogP contribution >= 0.6 is 11.8 Å². The highest BCUT2D eigenvalue weighted by Gasteiger charge is 2.36. The number of imide groups is 1. The van der Waals surface area contributed by atoms with Crippen LogP contribution in [0.1, 0.15) is 25.5 Å². The van der Waals surface area contributed by atoms with Crippen molar-refractivity contribution in [1.29, 1.82) is 0 Å². The van der Waals surface area contributed by atoms with Crippen molar-refractivity contribution >= 4 is 51.5 Å². The number of amides is 3. The summed E-state index contributed by atoms with van der Waals surface area (Å²) in [7, 11) is 0. The van der Waals surface area contributed by atoms with Crippen LogP contribution in [0.3, 0.4) is 0 Å². The molecule has 0 aliphatic carbocycles. The van der Waals surface area contributed by atoms with E-state index in [-0.39, 0.29) is 12.6 Å². The minimum Gasteiger partial charge on any atom is -0.344 e. The number of benzene rings is 2. The van der Waals surface area contributed by atoms with Crippen LogP contribution in [0.4, 0.5) is 10.5 Å². The Morgan fingerprint density at radius 2 is 1.77 bits per heavy atom.